The highest BCUT2D eigenvalue weighted by Crippen LogP contribution is 2.36. The Bertz CT molecular complexity index is 405. The summed E-state index contributed by atoms with van der Waals surface area (Å²) in [4.78, 5) is 15.0. The Kier molecular flexibility index (Phi) is 6.09. The fourth-order valence-electron chi connectivity index (χ4n) is 3.35. The van der Waals surface area contributed by atoms with Gasteiger partial charge in [-0.3, -0.25) is 9.69 Å². The van der Waals surface area contributed by atoms with Crippen molar-refractivity contribution in [2.45, 2.75) is 76.7 Å². The van der Waals surface area contributed by atoms with Gasteiger partial charge in [-0.25, -0.2) is 0 Å². The van der Waals surface area contributed by atoms with Crippen LogP contribution >= 0.6 is 0 Å². The number of morpholine rings is 1. The third-order valence-corrected chi connectivity index (χ3v) is 10.7. The van der Waals surface area contributed by atoms with Crippen LogP contribution in [0.15, 0.2) is 0 Å². The maximum absolute atomic E-state index is 12.6. The molecule has 2 heterocycles. The van der Waals surface area contributed by atoms with Crippen LogP contribution in [0.2, 0.25) is 18.1 Å². The van der Waals surface area contributed by atoms with E-state index in [1.807, 2.05) is 0 Å². The Morgan fingerprint density at radius 1 is 1.22 bits per heavy atom. The zero-order valence-electron chi connectivity index (χ0n) is 15.9. The molecule has 0 aromatic carbocycles. The van der Waals surface area contributed by atoms with Crippen molar-refractivity contribution >= 4 is 14.1 Å². The molecule has 2 atom stereocenters. The van der Waals surface area contributed by atoms with Crippen LogP contribution in [0.5, 0.6) is 0 Å². The molecule has 0 radical (unpaired) electrons. The van der Waals surface area contributed by atoms with Crippen LogP contribution in [0.25, 0.3) is 0 Å². The molecule has 2 rings (SSSR count). The van der Waals surface area contributed by atoms with Crippen molar-refractivity contribution in [1.29, 1.82) is 0 Å². The van der Waals surface area contributed by atoms with Gasteiger partial charge >= 0.3 is 0 Å². The highest BCUT2D eigenvalue weighted by atomic mass is 28.4. The molecule has 2 aliphatic rings. The van der Waals surface area contributed by atoms with Crippen LogP contribution in [0.3, 0.4) is 0 Å². The first kappa shape index (κ1) is 19.1. The average Bonchev–Trinajstić information content (AvgIpc) is 2.41. The van der Waals surface area contributed by atoms with Crippen LogP contribution in [-0.2, 0) is 14.0 Å². The molecule has 0 aromatic rings. The second-order valence-electron chi connectivity index (χ2n) is 8.86. The number of ketones is 1. The fraction of sp³-hybridized carbons (Fsp3) is 0.944. The minimum atomic E-state index is -1.68. The van der Waals surface area contributed by atoms with Gasteiger partial charge in [0.25, 0.3) is 0 Å². The molecule has 23 heavy (non-hydrogen) atoms. The number of rotatable bonds is 6. The number of likely N-dealkylation sites (N-methyl/N-ethyl adjacent to an activating group) is 1. The van der Waals surface area contributed by atoms with Gasteiger partial charge in [0.15, 0.2) is 8.32 Å². The molecule has 5 heteroatoms. The van der Waals surface area contributed by atoms with Crippen molar-refractivity contribution in [3.63, 3.8) is 0 Å². The van der Waals surface area contributed by atoms with Crippen molar-refractivity contribution in [1.82, 2.24) is 4.90 Å². The van der Waals surface area contributed by atoms with E-state index in [4.69, 9.17) is 9.16 Å². The average molecular weight is 342 g/mol. The van der Waals surface area contributed by atoms with Crippen LogP contribution < -0.4 is 0 Å². The van der Waals surface area contributed by atoms with Gasteiger partial charge in [-0.05, 0) is 44.4 Å². The van der Waals surface area contributed by atoms with Gasteiger partial charge in [0.1, 0.15) is 5.78 Å². The van der Waals surface area contributed by atoms with Crippen LogP contribution in [0.1, 0.15) is 46.5 Å². The number of carbonyl (C=O) groups excluding carboxylic acids is 1. The van der Waals surface area contributed by atoms with E-state index < -0.39 is 8.32 Å². The van der Waals surface area contributed by atoms with Crippen LogP contribution in [-0.4, -0.2) is 58.0 Å². The van der Waals surface area contributed by atoms with Crippen molar-refractivity contribution in [2.24, 2.45) is 5.92 Å². The first-order valence-electron chi connectivity index (χ1n) is 9.08. The number of ether oxygens (including phenoxy) is 1. The number of hydrogen-bond donors (Lipinski definition) is 0. The maximum atomic E-state index is 12.6. The van der Waals surface area contributed by atoms with E-state index in [9.17, 15) is 4.79 Å². The lowest BCUT2D eigenvalue weighted by atomic mass is 9.82. The lowest BCUT2D eigenvalue weighted by molar-refractivity contribution is -0.131. The van der Waals surface area contributed by atoms with Gasteiger partial charge in [-0.1, -0.05) is 20.8 Å². The number of nitrogens with zero attached hydrogens (tertiary/aromatic N) is 1. The van der Waals surface area contributed by atoms with Crippen molar-refractivity contribution < 1.29 is 14.0 Å². The SMILES string of the molecule is CN1C2COCC1CC(C(=O)CCCO[Si](C)(C)C(C)(C)C)C2. The predicted octanol–water partition coefficient (Wildman–Crippen LogP) is 3.47. The van der Waals surface area contributed by atoms with Crippen molar-refractivity contribution in [3.8, 4) is 0 Å². The van der Waals surface area contributed by atoms with E-state index in [0.29, 0.717) is 24.3 Å². The van der Waals surface area contributed by atoms with E-state index in [1.54, 1.807) is 0 Å². The second-order valence-corrected chi connectivity index (χ2v) is 13.7. The second kappa shape index (κ2) is 7.34. The zero-order valence-corrected chi connectivity index (χ0v) is 16.9. The highest BCUT2D eigenvalue weighted by molar-refractivity contribution is 6.74. The van der Waals surface area contributed by atoms with Gasteiger partial charge in [-0.15, -0.1) is 0 Å². The largest absolute Gasteiger partial charge is 0.417 e. The van der Waals surface area contributed by atoms with Crippen LogP contribution in [0.4, 0.5) is 0 Å². The number of Topliss-reactive ketones (excluding diaryl/α,β-unsaturated/α-hetero) is 1. The van der Waals surface area contributed by atoms with Crippen LogP contribution in [0, 0.1) is 5.92 Å². The van der Waals surface area contributed by atoms with Gasteiger partial charge < -0.3 is 9.16 Å². The number of hydrogen-bond acceptors (Lipinski definition) is 4. The quantitative estimate of drug-likeness (QED) is 0.548. The molecule has 0 aliphatic carbocycles. The molecule has 0 amide bonds. The summed E-state index contributed by atoms with van der Waals surface area (Å²) in [7, 11) is 0.494. The van der Waals surface area contributed by atoms with Gasteiger partial charge in [0.05, 0.1) is 13.2 Å². The molecule has 0 spiro atoms. The summed E-state index contributed by atoms with van der Waals surface area (Å²) in [5, 5.41) is 0.239. The molecule has 134 valence electrons. The summed E-state index contributed by atoms with van der Waals surface area (Å²) in [5.74, 6) is 0.673. The molecule has 2 fully saturated rings. The Morgan fingerprint density at radius 3 is 2.30 bits per heavy atom. The van der Waals surface area contributed by atoms with E-state index in [-0.39, 0.29) is 11.0 Å². The maximum Gasteiger partial charge on any atom is 0.191 e. The lowest BCUT2D eigenvalue weighted by Crippen LogP contribution is -2.55. The Labute approximate surface area is 143 Å². The lowest BCUT2D eigenvalue weighted by Gasteiger charge is -2.46. The van der Waals surface area contributed by atoms with Crippen molar-refractivity contribution in [2.75, 3.05) is 26.9 Å². The molecule has 0 saturated carbocycles. The number of fused-ring (bicyclic) bond motifs is 2. The summed E-state index contributed by atoms with van der Waals surface area (Å²) in [6, 6.07) is 0.861. The summed E-state index contributed by atoms with van der Waals surface area (Å²) in [6.45, 7) is 13.6. The molecule has 2 saturated heterocycles. The standard InChI is InChI=1S/C18H35NO3Si/c1-18(2,3)23(5,6)22-9-7-8-17(20)14-10-15-12-21-13-16(11-14)19(15)4/h14-16H,7-13H2,1-6H3. The molecular weight excluding hydrogens is 306 g/mol. The number of piperidine rings is 1. The summed E-state index contributed by atoms with van der Waals surface area (Å²) in [6.07, 6.45) is 3.47. The Balaban J connectivity index is 1.74. The van der Waals surface area contributed by atoms with Gasteiger partial charge in [-0.2, -0.15) is 0 Å². The first-order chi connectivity index (χ1) is 10.6. The minimum Gasteiger partial charge on any atom is -0.417 e. The summed E-state index contributed by atoms with van der Waals surface area (Å²) < 4.78 is 11.8. The highest BCUT2D eigenvalue weighted by Gasteiger charge is 2.39. The summed E-state index contributed by atoms with van der Waals surface area (Å²) in [5.41, 5.74) is 0. The zero-order chi connectivity index (χ0) is 17.3. The van der Waals surface area contributed by atoms with Gasteiger partial charge in [0, 0.05) is 31.0 Å². The van der Waals surface area contributed by atoms with E-state index >= 15 is 0 Å². The molecule has 2 bridgehead atoms. The Morgan fingerprint density at radius 2 is 1.78 bits per heavy atom. The van der Waals surface area contributed by atoms with Gasteiger partial charge in [0.2, 0.25) is 0 Å². The molecule has 2 unspecified atom stereocenters. The normalized spacial score (nSPS) is 29.6. The third-order valence-electron chi connectivity index (χ3n) is 6.18. The Hall–Kier alpha value is -0.233. The third kappa shape index (κ3) is 4.65. The molecular formula is C18H35NO3Si. The van der Waals surface area contributed by atoms with Crippen molar-refractivity contribution in [3.05, 3.63) is 0 Å². The van der Waals surface area contributed by atoms with E-state index in [0.717, 1.165) is 39.1 Å². The topological polar surface area (TPSA) is 38.8 Å². The van der Waals surface area contributed by atoms with E-state index in [2.05, 4.69) is 45.8 Å². The van der Waals surface area contributed by atoms with E-state index in [1.165, 1.54) is 0 Å². The molecule has 4 nitrogen and oxygen atoms in total. The molecule has 0 N–H and O–H groups in total. The number of carbonyl (C=O) groups is 1. The monoisotopic (exact) mass is 341 g/mol. The smallest absolute Gasteiger partial charge is 0.191 e. The minimum absolute atomic E-state index is 0.234. The molecule has 2 aliphatic heterocycles. The predicted molar refractivity (Wildman–Crippen MR) is 96.3 cm³/mol. The summed E-state index contributed by atoms with van der Waals surface area (Å²) >= 11 is 0. The molecule has 0 aromatic heterocycles. The fourth-order valence-corrected chi connectivity index (χ4v) is 4.44. The first-order valence-corrected chi connectivity index (χ1v) is 12.0.